The molecule has 0 saturated heterocycles. The largest absolute Gasteiger partial charge is 0.379 e. The fourth-order valence-electron chi connectivity index (χ4n) is 2.37. The number of alkyl halides is 1. The van der Waals surface area contributed by atoms with Crippen molar-refractivity contribution in [1.29, 1.82) is 0 Å². The maximum Gasteiger partial charge on any atom is 0.127 e. The molecule has 0 N–H and O–H groups in total. The maximum atomic E-state index is 6.24. The second-order valence-corrected chi connectivity index (χ2v) is 6.98. The molecule has 1 unspecified atom stereocenters. The summed E-state index contributed by atoms with van der Waals surface area (Å²) in [5, 5.41) is 0.851. The van der Waals surface area contributed by atoms with Gasteiger partial charge in [0, 0.05) is 13.2 Å². The molecular formula is C15H17Cl3N2O. The summed E-state index contributed by atoms with van der Waals surface area (Å²) >= 11 is 18.4. The van der Waals surface area contributed by atoms with Crippen LogP contribution in [0.1, 0.15) is 31.0 Å². The van der Waals surface area contributed by atoms with Crippen LogP contribution in [-0.2, 0) is 11.3 Å². The van der Waals surface area contributed by atoms with Crippen LogP contribution in [0.4, 0.5) is 0 Å². The quantitative estimate of drug-likeness (QED) is 0.539. The number of benzene rings is 1. The van der Waals surface area contributed by atoms with E-state index in [0.717, 1.165) is 29.4 Å². The number of hydrogen-bond donors (Lipinski definition) is 0. The van der Waals surface area contributed by atoms with Gasteiger partial charge in [-0.2, -0.15) is 0 Å². The highest BCUT2D eigenvalue weighted by Crippen LogP contribution is 2.31. The van der Waals surface area contributed by atoms with Crippen LogP contribution < -0.4 is 0 Å². The van der Waals surface area contributed by atoms with Crippen molar-refractivity contribution < 1.29 is 4.74 Å². The van der Waals surface area contributed by atoms with Gasteiger partial charge in [0.25, 0.3) is 0 Å². The van der Waals surface area contributed by atoms with E-state index in [2.05, 4.69) is 9.55 Å². The minimum atomic E-state index is -0.182. The van der Waals surface area contributed by atoms with E-state index in [-0.39, 0.29) is 5.38 Å². The molecule has 21 heavy (non-hydrogen) atoms. The molecule has 0 amide bonds. The predicted octanol–water partition coefficient (Wildman–Crippen LogP) is 5.07. The number of fused-ring (bicyclic) bond motifs is 1. The lowest BCUT2D eigenvalue weighted by Crippen LogP contribution is -2.11. The first-order valence-corrected chi connectivity index (χ1v) is 8.32. The maximum absolute atomic E-state index is 6.24. The average Bonchev–Trinajstić information content (AvgIpc) is 3.19. The molecule has 1 atom stereocenters. The minimum Gasteiger partial charge on any atom is -0.379 e. The summed E-state index contributed by atoms with van der Waals surface area (Å²) in [6.07, 6.45) is 2.60. The van der Waals surface area contributed by atoms with Crippen molar-refractivity contribution in [2.45, 2.75) is 31.7 Å². The molecule has 1 fully saturated rings. The molecule has 1 aromatic carbocycles. The number of nitrogens with zero attached hydrogens (tertiary/aromatic N) is 2. The molecule has 3 rings (SSSR count). The van der Waals surface area contributed by atoms with Gasteiger partial charge in [-0.25, -0.2) is 4.98 Å². The molecule has 3 nitrogen and oxygen atoms in total. The molecule has 2 aromatic rings. The summed E-state index contributed by atoms with van der Waals surface area (Å²) in [5.74, 6) is 1.59. The Bertz CT molecular complexity index is 650. The van der Waals surface area contributed by atoms with Crippen LogP contribution in [0.3, 0.4) is 0 Å². The van der Waals surface area contributed by atoms with E-state index < -0.39 is 0 Å². The average molecular weight is 348 g/mol. The van der Waals surface area contributed by atoms with Crippen LogP contribution in [-0.4, -0.2) is 22.8 Å². The number of rotatable bonds is 6. The number of imidazole rings is 1. The van der Waals surface area contributed by atoms with Gasteiger partial charge < -0.3 is 9.30 Å². The molecule has 0 aliphatic heterocycles. The number of hydrogen-bond acceptors (Lipinski definition) is 2. The molecule has 1 aliphatic carbocycles. The third-order valence-electron chi connectivity index (χ3n) is 3.69. The van der Waals surface area contributed by atoms with Crippen molar-refractivity contribution >= 4 is 45.8 Å². The molecule has 1 aromatic heterocycles. The number of aromatic nitrogens is 2. The molecule has 0 spiro atoms. The summed E-state index contributed by atoms with van der Waals surface area (Å²) < 4.78 is 7.79. The number of halogens is 3. The van der Waals surface area contributed by atoms with E-state index in [9.17, 15) is 0 Å². The second kappa shape index (κ2) is 6.33. The van der Waals surface area contributed by atoms with Crippen molar-refractivity contribution in [3.8, 4) is 0 Å². The van der Waals surface area contributed by atoms with Crippen LogP contribution in [0.5, 0.6) is 0 Å². The first kappa shape index (κ1) is 15.4. The second-order valence-electron chi connectivity index (χ2n) is 5.51. The molecule has 1 aliphatic rings. The zero-order valence-electron chi connectivity index (χ0n) is 11.8. The lowest BCUT2D eigenvalue weighted by atomic mass is 10.3. The Hall–Kier alpha value is -0.480. The molecule has 6 heteroatoms. The minimum absolute atomic E-state index is 0.182. The van der Waals surface area contributed by atoms with Gasteiger partial charge in [-0.3, -0.25) is 0 Å². The van der Waals surface area contributed by atoms with Gasteiger partial charge >= 0.3 is 0 Å². The Balaban J connectivity index is 1.85. The van der Waals surface area contributed by atoms with E-state index in [1.807, 2.05) is 13.0 Å². The van der Waals surface area contributed by atoms with E-state index in [1.54, 1.807) is 6.07 Å². The summed E-state index contributed by atoms with van der Waals surface area (Å²) in [7, 11) is 0. The summed E-state index contributed by atoms with van der Waals surface area (Å²) in [4.78, 5) is 4.57. The Morgan fingerprint density at radius 3 is 2.71 bits per heavy atom. The zero-order chi connectivity index (χ0) is 15.0. The fourth-order valence-corrected chi connectivity index (χ4v) is 2.85. The van der Waals surface area contributed by atoms with Crippen molar-refractivity contribution in [2.24, 2.45) is 5.92 Å². The highest BCUT2D eigenvalue weighted by Gasteiger charge is 2.21. The van der Waals surface area contributed by atoms with Crippen molar-refractivity contribution in [3.05, 3.63) is 28.0 Å². The summed E-state index contributed by atoms with van der Waals surface area (Å²) in [6.45, 7) is 4.13. The van der Waals surface area contributed by atoms with Gasteiger partial charge in [0.2, 0.25) is 0 Å². The van der Waals surface area contributed by atoms with E-state index in [4.69, 9.17) is 39.5 Å². The van der Waals surface area contributed by atoms with Crippen LogP contribution >= 0.6 is 34.8 Å². The van der Waals surface area contributed by atoms with Gasteiger partial charge in [0.15, 0.2) is 0 Å². The summed E-state index contributed by atoms with van der Waals surface area (Å²) in [6, 6.07) is 3.62. The Morgan fingerprint density at radius 1 is 1.33 bits per heavy atom. The first-order valence-electron chi connectivity index (χ1n) is 7.13. The Kier molecular flexibility index (Phi) is 4.65. The molecule has 1 saturated carbocycles. The lowest BCUT2D eigenvalue weighted by molar-refractivity contribution is 0.117. The lowest BCUT2D eigenvalue weighted by Gasteiger charge is -2.11. The van der Waals surface area contributed by atoms with Crippen molar-refractivity contribution in [3.63, 3.8) is 0 Å². The van der Waals surface area contributed by atoms with Crippen LogP contribution in [0.2, 0.25) is 10.0 Å². The fraction of sp³-hybridized carbons (Fsp3) is 0.533. The monoisotopic (exact) mass is 346 g/mol. The normalized spacial score (nSPS) is 16.6. The molecule has 1 heterocycles. The summed E-state index contributed by atoms with van der Waals surface area (Å²) in [5.41, 5.74) is 1.76. The predicted molar refractivity (Wildman–Crippen MR) is 87.6 cm³/mol. The van der Waals surface area contributed by atoms with Gasteiger partial charge in [0.05, 0.1) is 33.1 Å². The van der Waals surface area contributed by atoms with E-state index in [1.165, 1.54) is 12.8 Å². The van der Waals surface area contributed by atoms with Gasteiger partial charge in [-0.15, -0.1) is 11.6 Å². The molecule has 0 radical (unpaired) electrons. The highest BCUT2D eigenvalue weighted by atomic mass is 35.5. The van der Waals surface area contributed by atoms with Gasteiger partial charge in [0.1, 0.15) is 5.82 Å². The van der Waals surface area contributed by atoms with Crippen molar-refractivity contribution in [1.82, 2.24) is 9.55 Å². The third-order valence-corrected chi connectivity index (χ3v) is 4.60. The standard InChI is InChI=1S/C15H17Cl3N2O/c1-9(16)15-19-13-6-11(17)12(18)7-14(13)20(15)4-5-21-8-10-2-3-10/h6-7,9-10H,2-5,8H2,1H3. The first-order chi connectivity index (χ1) is 10.1. The third kappa shape index (κ3) is 3.48. The van der Waals surface area contributed by atoms with Crippen LogP contribution in [0.25, 0.3) is 11.0 Å². The highest BCUT2D eigenvalue weighted by molar-refractivity contribution is 6.42. The zero-order valence-corrected chi connectivity index (χ0v) is 14.0. The van der Waals surface area contributed by atoms with Crippen LogP contribution in [0, 0.1) is 5.92 Å². The SMILES string of the molecule is CC(Cl)c1nc2cc(Cl)c(Cl)cc2n1CCOCC1CC1. The van der Waals surface area contributed by atoms with Gasteiger partial charge in [-0.1, -0.05) is 23.2 Å². The van der Waals surface area contributed by atoms with Crippen LogP contribution in [0.15, 0.2) is 12.1 Å². The van der Waals surface area contributed by atoms with E-state index >= 15 is 0 Å². The molecule has 0 bridgehead atoms. The smallest absolute Gasteiger partial charge is 0.127 e. The molecular weight excluding hydrogens is 331 g/mol. The number of ether oxygens (including phenoxy) is 1. The van der Waals surface area contributed by atoms with Gasteiger partial charge in [-0.05, 0) is 37.8 Å². The van der Waals surface area contributed by atoms with Crippen molar-refractivity contribution in [2.75, 3.05) is 13.2 Å². The van der Waals surface area contributed by atoms with E-state index in [0.29, 0.717) is 23.2 Å². The molecule has 114 valence electrons. The Labute approximate surface area is 139 Å². The Morgan fingerprint density at radius 2 is 2.05 bits per heavy atom. The topological polar surface area (TPSA) is 27.1 Å².